The Hall–Kier alpha value is -1.53. The number of anilines is 1. The Labute approximate surface area is 101 Å². The van der Waals surface area contributed by atoms with Crippen LogP contribution in [0.4, 0.5) is 5.69 Å². The zero-order valence-electron chi connectivity index (χ0n) is 9.80. The highest BCUT2D eigenvalue weighted by molar-refractivity contribution is 7.89. The molecular formula is C11H16N2O3S. The second kappa shape index (κ2) is 5.20. The number of sulfonamides is 1. The maximum absolute atomic E-state index is 12.0. The molecule has 0 heterocycles. The van der Waals surface area contributed by atoms with Crippen molar-refractivity contribution in [1.82, 2.24) is 4.72 Å². The number of nitrogens with two attached hydrogens (primary N) is 1. The Kier molecular flexibility index (Phi) is 4.14. The van der Waals surface area contributed by atoms with Gasteiger partial charge in [0, 0.05) is 17.8 Å². The summed E-state index contributed by atoms with van der Waals surface area (Å²) in [7, 11) is -2.24. The Morgan fingerprint density at radius 1 is 1.53 bits per heavy atom. The van der Waals surface area contributed by atoms with Crippen LogP contribution in [0.5, 0.6) is 5.75 Å². The van der Waals surface area contributed by atoms with E-state index >= 15 is 0 Å². The molecule has 1 unspecified atom stereocenters. The smallest absolute Gasteiger partial charge is 0.244 e. The summed E-state index contributed by atoms with van der Waals surface area (Å²) in [6.45, 7) is 5.21. The molecule has 0 fully saturated rings. The molecule has 0 aliphatic carbocycles. The first-order valence-electron chi connectivity index (χ1n) is 4.99. The lowest BCUT2D eigenvalue weighted by atomic mass is 10.3. The minimum absolute atomic E-state index is 0.0582. The van der Waals surface area contributed by atoms with Crippen LogP contribution in [0.25, 0.3) is 0 Å². The average Bonchev–Trinajstić information content (AvgIpc) is 2.27. The van der Waals surface area contributed by atoms with E-state index in [-0.39, 0.29) is 16.7 Å². The van der Waals surface area contributed by atoms with E-state index in [1.54, 1.807) is 6.92 Å². The van der Waals surface area contributed by atoms with Crippen molar-refractivity contribution in [2.24, 2.45) is 0 Å². The van der Waals surface area contributed by atoms with E-state index in [1.165, 1.54) is 31.4 Å². The van der Waals surface area contributed by atoms with Gasteiger partial charge in [-0.2, -0.15) is 0 Å². The monoisotopic (exact) mass is 256 g/mol. The van der Waals surface area contributed by atoms with Crippen molar-refractivity contribution < 1.29 is 13.2 Å². The largest absolute Gasteiger partial charge is 0.495 e. The molecule has 0 bridgehead atoms. The van der Waals surface area contributed by atoms with Crippen LogP contribution < -0.4 is 15.2 Å². The molecule has 0 aliphatic rings. The molecule has 0 aromatic heterocycles. The van der Waals surface area contributed by atoms with Gasteiger partial charge in [0.15, 0.2) is 0 Å². The molecule has 17 heavy (non-hydrogen) atoms. The topological polar surface area (TPSA) is 81.4 Å². The summed E-state index contributed by atoms with van der Waals surface area (Å²) in [5.74, 6) is 0.216. The molecule has 1 atom stereocenters. The molecule has 5 nitrogen and oxygen atoms in total. The van der Waals surface area contributed by atoms with E-state index in [2.05, 4.69) is 11.3 Å². The summed E-state index contributed by atoms with van der Waals surface area (Å²) in [5.41, 5.74) is 6.00. The normalized spacial score (nSPS) is 13.1. The first kappa shape index (κ1) is 13.5. The van der Waals surface area contributed by atoms with Crippen molar-refractivity contribution in [2.45, 2.75) is 17.9 Å². The van der Waals surface area contributed by atoms with Crippen LogP contribution in [0.2, 0.25) is 0 Å². The van der Waals surface area contributed by atoms with Crippen molar-refractivity contribution in [1.29, 1.82) is 0 Å². The van der Waals surface area contributed by atoms with Gasteiger partial charge in [-0.1, -0.05) is 6.08 Å². The summed E-state index contributed by atoms with van der Waals surface area (Å²) >= 11 is 0. The van der Waals surface area contributed by atoms with Crippen LogP contribution in [-0.2, 0) is 10.0 Å². The zero-order chi connectivity index (χ0) is 13.1. The van der Waals surface area contributed by atoms with E-state index in [0.29, 0.717) is 5.69 Å². The molecule has 0 amide bonds. The van der Waals surface area contributed by atoms with Gasteiger partial charge in [-0.05, 0) is 19.1 Å². The summed E-state index contributed by atoms with van der Waals surface area (Å²) in [4.78, 5) is 0.0582. The third-order valence-electron chi connectivity index (χ3n) is 2.17. The Bertz CT molecular complexity index is 511. The summed E-state index contributed by atoms with van der Waals surface area (Å²) in [6.07, 6.45) is 1.50. The number of hydrogen-bond donors (Lipinski definition) is 2. The summed E-state index contributed by atoms with van der Waals surface area (Å²) in [6, 6.07) is 4.03. The van der Waals surface area contributed by atoms with Crippen molar-refractivity contribution in [3.05, 3.63) is 30.9 Å². The van der Waals surface area contributed by atoms with Gasteiger partial charge in [-0.3, -0.25) is 0 Å². The van der Waals surface area contributed by atoms with E-state index in [9.17, 15) is 8.42 Å². The number of rotatable bonds is 5. The van der Waals surface area contributed by atoms with Gasteiger partial charge in [-0.25, -0.2) is 13.1 Å². The van der Waals surface area contributed by atoms with Crippen molar-refractivity contribution in [3.8, 4) is 5.75 Å². The number of ether oxygens (including phenoxy) is 1. The maximum atomic E-state index is 12.0. The van der Waals surface area contributed by atoms with Crippen LogP contribution in [0.15, 0.2) is 35.7 Å². The quantitative estimate of drug-likeness (QED) is 0.611. The fourth-order valence-corrected chi connectivity index (χ4v) is 2.63. The van der Waals surface area contributed by atoms with Crippen LogP contribution in [0.1, 0.15) is 6.92 Å². The van der Waals surface area contributed by atoms with Gasteiger partial charge in [0.05, 0.1) is 7.11 Å². The highest BCUT2D eigenvalue weighted by Gasteiger charge is 2.20. The highest BCUT2D eigenvalue weighted by Crippen LogP contribution is 2.25. The standard InChI is InChI=1S/C11H16N2O3S/c1-4-8(2)13-17(14,15)11-6-5-9(12)7-10(11)16-3/h4-8,13H,1,12H2,2-3H3. The molecule has 1 rings (SSSR count). The first-order chi connectivity index (χ1) is 7.90. The van der Waals surface area contributed by atoms with E-state index in [1.807, 2.05) is 0 Å². The molecule has 0 saturated carbocycles. The second-order valence-corrected chi connectivity index (χ2v) is 5.24. The van der Waals surface area contributed by atoms with Crippen molar-refractivity contribution in [2.75, 3.05) is 12.8 Å². The minimum Gasteiger partial charge on any atom is -0.495 e. The molecule has 0 saturated heterocycles. The fourth-order valence-electron chi connectivity index (χ4n) is 1.26. The van der Waals surface area contributed by atoms with Crippen LogP contribution in [-0.4, -0.2) is 21.6 Å². The number of benzene rings is 1. The Morgan fingerprint density at radius 3 is 2.71 bits per heavy atom. The van der Waals surface area contributed by atoms with Crippen molar-refractivity contribution in [3.63, 3.8) is 0 Å². The average molecular weight is 256 g/mol. The lowest BCUT2D eigenvalue weighted by Crippen LogP contribution is -2.31. The first-order valence-corrected chi connectivity index (χ1v) is 6.47. The molecule has 1 aromatic carbocycles. The van der Waals surface area contributed by atoms with E-state index in [4.69, 9.17) is 10.5 Å². The van der Waals surface area contributed by atoms with Gasteiger partial charge >= 0.3 is 0 Å². The molecule has 6 heteroatoms. The minimum atomic E-state index is -3.63. The Balaban J connectivity index is 3.19. The van der Waals surface area contributed by atoms with Gasteiger partial charge in [0.2, 0.25) is 10.0 Å². The molecule has 0 radical (unpaired) electrons. The third-order valence-corrected chi connectivity index (χ3v) is 3.77. The molecule has 1 aromatic rings. The lowest BCUT2D eigenvalue weighted by molar-refractivity contribution is 0.402. The van der Waals surface area contributed by atoms with E-state index < -0.39 is 10.0 Å². The van der Waals surface area contributed by atoms with Gasteiger partial charge in [-0.15, -0.1) is 6.58 Å². The maximum Gasteiger partial charge on any atom is 0.244 e. The van der Waals surface area contributed by atoms with Gasteiger partial charge in [0.25, 0.3) is 0 Å². The van der Waals surface area contributed by atoms with E-state index in [0.717, 1.165) is 0 Å². The lowest BCUT2D eigenvalue weighted by Gasteiger charge is -2.13. The number of hydrogen-bond acceptors (Lipinski definition) is 4. The van der Waals surface area contributed by atoms with Crippen molar-refractivity contribution >= 4 is 15.7 Å². The zero-order valence-corrected chi connectivity index (χ0v) is 10.6. The summed E-state index contributed by atoms with van der Waals surface area (Å²) < 4.78 is 31.5. The number of nitrogen functional groups attached to an aromatic ring is 1. The van der Waals surface area contributed by atoms with Crippen LogP contribution in [0.3, 0.4) is 0 Å². The fraction of sp³-hybridized carbons (Fsp3) is 0.273. The third kappa shape index (κ3) is 3.21. The molecule has 94 valence electrons. The Morgan fingerprint density at radius 2 is 2.18 bits per heavy atom. The second-order valence-electron chi connectivity index (χ2n) is 3.56. The predicted octanol–water partition coefficient (Wildman–Crippen LogP) is 1.13. The van der Waals surface area contributed by atoms with Gasteiger partial charge in [0.1, 0.15) is 10.6 Å². The summed E-state index contributed by atoms with van der Waals surface area (Å²) in [5, 5.41) is 0. The predicted molar refractivity (Wildman–Crippen MR) is 67.4 cm³/mol. The van der Waals surface area contributed by atoms with Crippen LogP contribution in [0, 0.1) is 0 Å². The molecule has 0 aliphatic heterocycles. The number of methoxy groups -OCH3 is 1. The molecule has 0 spiro atoms. The number of nitrogens with one attached hydrogen (secondary N) is 1. The van der Waals surface area contributed by atoms with Crippen LogP contribution >= 0.6 is 0 Å². The molecular weight excluding hydrogens is 240 g/mol. The highest BCUT2D eigenvalue weighted by atomic mass is 32.2. The van der Waals surface area contributed by atoms with Gasteiger partial charge < -0.3 is 10.5 Å². The molecule has 3 N–H and O–H groups in total. The SMILES string of the molecule is C=CC(C)NS(=O)(=O)c1ccc(N)cc1OC.